The Bertz CT molecular complexity index is 1640. The van der Waals surface area contributed by atoms with Gasteiger partial charge < -0.3 is 34.1 Å². The second-order valence-corrected chi connectivity index (χ2v) is 9.82. The predicted molar refractivity (Wildman–Crippen MR) is 149 cm³/mol. The summed E-state index contributed by atoms with van der Waals surface area (Å²) in [5.41, 5.74) is -0.757. The Morgan fingerprint density at radius 2 is 2.05 bits per heavy atom. The number of anilines is 2. The number of aromatic nitrogens is 4. The predicted octanol–water partition coefficient (Wildman–Crippen LogP) is 2.91. The molecule has 1 saturated heterocycles. The average molecular weight is 616 g/mol. The van der Waals surface area contributed by atoms with Gasteiger partial charge in [-0.15, -0.1) is 0 Å². The van der Waals surface area contributed by atoms with E-state index in [2.05, 4.69) is 36.6 Å². The SMILES string of the molecule is CN1C=C(C(F)(F)F)C=C(Nc2nc3ncc(Oc4ccnc(NC(=O)OCCN5CCOCC5)c4)c(C#N)c3n2C)C1O. The number of hydrogen-bond donors (Lipinski definition) is 3. The summed E-state index contributed by atoms with van der Waals surface area (Å²) in [6, 6.07) is 5.00. The molecule has 0 spiro atoms. The molecule has 0 radical (unpaired) electrons. The number of rotatable bonds is 8. The molecule has 3 N–H and O–H groups in total. The van der Waals surface area contributed by atoms with Gasteiger partial charge in [-0.1, -0.05) is 0 Å². The van der Waals surface area contributed by atoms with E-state index in [1.165, 1.54) is 43.2 Å². The molecule has 0 bridgehead atoms. The number of ether oxygens (including phenoxy) is 3. The topological polar surface area (TPSA) is 163 Å². The van der Waals surface area contributed by atoms with Gasteiger partial charge in [0.15, 0.2) is 17.6 Å². The summed E-state index contributed by atoms with van der Waals surface area (Å²) in [6.07, 6.45) is -2.49. The lowest BCUT2D eigenvalue weighted by atomic mass is 10.1. The van der Waals surface area contributed by atoms with E-state index in [0.29, 0.717) is 19.8 Å². The van der Waals surface area contributed by atoms with Crippen LogP contribution in [0.4, 0.5) is 29.7 Å². The molecule has 3 aromatic rings. The summed E-state index contributed by atoms with van der Waals surface area (Å²) in [4.78, 5) is 28.0. The number of carbonyl (C=O) groups is 1. The first-order valence-corrected chi connectivity index (χ1v) is 13.3. The van der Waals surface area contributed by atoms with Crippen molar-refractivity contribution in [3.63, 3.8) is 0 Å². The highest BCUT2D eigenvalue weighted by Crippen LogP contribution is 2.34. The highest BCUT2D eigenvalue weighted by atomic mass is 19.4. The molecule has 3 aromatic heterocycles. The molecule has 1 atom stereocenters. The third-order valence-corrected chi connectivity index (χ3v) is 6.81. The van der Waals surface area contributed by atoms with Crippen molar-refractivity contribution in [2.45, 2.75) is 12.4 Å². The summed E-state index contributed by atoms with van der Waals surface area (Å²) in [7, 11) is 2.83. The number of morpholine rings is 1. The van der Waals surface area contributed by atoms with E-state index < -0.39 is 24.1 Å². The number of imidazole rings is 1. The Morgan fingerprint density at radius 1 is 1.27 bits per heavy atom. The number of halogens is 3. The maximum absolute atomic E-state index is 13.4. The van der Waals surface area contributed by atoms with E-state index in [9.17, 15) is 28.3 Å². The number of fused-ring (bicyclic) bond motifs is 1. The number of pyridine rings is 2. The van der Waals surface area contributed by atoms with Crippen molar-refractivity contribution in [3.8, 4) is 17.6 Å². The number of nitrogens with one attached hydrogen (secondary N) is 2. The van der Waals surface area contributed by atoms with Gasteiger partial charge in [-0.25, -0.2) is 14.8 Å². The Labute approximate surface area is 249 Å². The van der Waals surface area contributed by atoms with Crippen LogP contribution in [0.3, 0.4) is 0 Å². The minimum absolute atomic E-state index is 0.0332. The number of aliphatic hydroxyl groups is 1. The maximum atomic E-state index is 13.4. The monoisotopic (exact) mass is 615 g/mol. The molecule has 5 heterocycles. The number of nitriles is 1. The lowest BCUT2D eigenvalue weighted by Crippen LogP contribution is -2.38. The molecule has 0 saturated carbocycles. The van der Waals surface area contributed by atoms with Crippen LogP contribution in [-0.4, -0.2) is 99.4 Å². The van der Waals surface area contributed by atoms with E-state index in [1.807, 2.05) is 0 Å². The van der Waals surface area contributed by atoms with Gasteiger partial charge in [0.1, 0.15) is 35.3 Å². The molecule has 232 valence electrons. The minimum Gasteiger partial charge on any atom is -0.454 e. The smallest absolute Gasteiger partial charge is 0.417 e. The van der Waals surface area contributed by atoms with Gasteiger partial charge in [0.25, 0.3) is 0 Å². The van der Waals surface area contributed by atoms with Crippen LogP contribution in [0.2, 0.25) is 0 Å². The maximum Gasteiger partial charge on any atom is 0.417 e. The second kappa shape index (κ2) is 12.8. The van der Waals surface area contributed by atoms with Crippen LogP contribution in [0.5, 0.6) is 11.5 Å². The fraction of sp³-hybridized carbons (Fsp3) is 0.370. The van der Waals surface area contributed by atoms with Gasteiger partial charge in [0, 0.05) is 52.2 Å². The highest BCUT2D eigenvalue weighted by molar-refractivity contribution is 5.84. The fourth-order valence-electron chi connectivity index (χ4n) is 4.53. The van der Waals surface area contributed by atoms with E-state index in [0.717, 1.165) is 30.3 Å². The molecule has 44 heavy (non-hydrogen) atoms. The Balaban J connectivity index is 1.30. The largest absolute Gasteiger partial charge is 0.454 e. The van der Waals surface area contributed by atoms with Crippen LogP contribution >= 0.6 is 0 Å². The number of nitrogens with zero attached hydrogens (tertiary/aromatic N) is 7. The molecule has 14 nitrogen and oxygen atoms in total. The summed E-state index contributed by atoms with van der Waals surface area (Å²) in [5.74, 6) is 0.464. The first-order valence-electron chi connectivity index (χ1n) is 13.3. The number of carbonyl (C=O) groups excluding carboxylic acids is 1. The van der Waals surface area contributed by atoms with Crippen LogP contribution in [-0.2, 0) is 16.5 Å². The summed E-state index contributed by atoms with van der Waals surface area (Å²) in [6.45, 7) is 3.59. The zero-order chi connectivity index (χ0) is 31.4. The second-order valence-electron chi connectivity index (χ2n) is 9.82. The lowest BCUT2D eigenvalue weighted by Gasteiger charge is -2.30. The van der Waals surface area contributed by atoms with Crippen molar-refractivity contribution in [3.05, 3.63) is 53.6 Å². The molecule has 1 amide bonds. The Kier molecular flexibility index (Phi) is 8.85. The summed E-state index contributed by atoms with van der Waals surface area (Å²) < 4.78 is 57.9. The van der Waals surface area contributed by atoms with Gasteiger partial charge in [-0.2, -0.15) is 23.4 Å². The Morgan fingerprint density at radius 3 is 2.77 bits per heavy atom. The van der Waals surface area contributed by atoms with Gasteiger partial charge in [-0.05, 0) is 12.1 Å². The van der Waals surface area contributed by atoms with Crippen molar-refractivity contribution in [1.82, 2.24) is 29.3 Å². The van der Waals surface area contributed by atoms with Crippen LogP contribution < -0.4 is 15.4 Å². The number of amides is 1. The van der Waals surface area contributed by atoms with Gasteiger partial charge in [-0.3, -0.25) is 10.2 Å². The van der Waals surface area contributed by atoms with E-state index >= 15 is 0 Å². The fourth-order valence-corrected chi connectivity index (χ4v) is 4.53. The van der Waals surface area contributed by atoms with Gasteiger partial charge in [0.2, 0.25) is 5.95 Å². The molecule has 1 unspecified atom stereocenters. The number of aliphatic hydroxyl groups excluding tert-OH is 1. The van der Waals surface area contributed by atoms with Crippen molar-refractivity contribution in [2.75, 3.05) is 57.1 Å². The lowest BCUT2D eigenvalue weighted by molar-refractivity contribution is -0.0909. The quantitative estimate of drug-likeness (QED) is 0.340. The first kappa shape index (κ1) is 30.5. The summed E-state index contributed by atoms with van der Waals surface area (Å²) >= 11 is 0. The number of hydrogen-bond acceptors (Lipinski definition) is 12. The van der Waals surface area contributed by atoms with Crippen molar-refractivity contribution < 1.29 is 37.3 Å². The van der Waals surface area contributed by atoms with E-state index in [1.54, 1.807) is 0 Å². The number of likely N-dealkylation sites (N-methyl/N-ethyl adjacent to an activating group) is 1. The number of alkyl halides is 3. The minimum atomic E-state index is -4.64. The van der Waals surface area contributed by atoms with Crippen molar-refractivity contribution >= 4 is 29.0 Å². The van der Waals surface area contributed by atoms with Crippen LogP contribution in [0, 0.1) is 11.3 Å². The zero-order valence-corrected chi connectivity index (χ0v) is 23.6. The Hall–Kier alpha value is -4.92. The van der Waals surface area contributed by atoms with Crippen molar-refractivity contribution in [1.29, 1.82) is 5.26 Å². The molecule has 5 rings (SSSR count). The van der Waals surface area contributed by atoms with Crippen LogP contribution in [0.15, 0.2) is 48.1 Å². The molecule has 1 fully saturated rings. The number of allylic oxidation sites excluding steroid dienone is 2. The summed E-state index contributed by atoms with van der Waals surface area (Å²) in [5, 5.41) is 25.7. The van der Waals surface area contributed by atoms with E-state index in [-0.39, 0.29) is 52.3 Å². The van der Waals surface area contributed by atoms with E-state index in [4.69, 9.17) is 14.2 Å². The first-order chi connectivity index (χ1) is 21.0. The average Bonchev–Trinajstić information content (AvgIpc) is 3.30. The number of aryl methyl sites for hydroxylation is 1. The van der Waals surface area contributed by atoms with Gasteiger partial charge in [0.05, 0.1) is 30.7 Å². The highest BCUT2D eigenvalue weighted by Gasteiger charge is 2.36. The van der Waals surface area contributed by atoms with Crippen LogP contribution in [0.25, 0.3) is 11.2 Å². The normalized spacial score (nSPS) is 17.5. The third kappa shape index (κ3) is 6.83. The molecule has 2 aliphatic heterocycles. The van der Waals surface area contributed by atoms with Gasteiger partial charge >= 0.3 is 12.3 Å². The zero-order valence-electron chi connectivity index (χ0n) is 23.6. The van der Waals surface area contributed by atoms with Crippen LogP contribution in [0.1, 0.15) is 5.56 Å². The molecule has 17 heteroatoms. The van der Waals surface area contributed by atoms with Crippen molar-refractivity contribution in [2.24, 2.45) is 7.05 Å². The standard InChI is InChI=1S/C27H28F3N9O5/c1-37-15-16(27(28,29)30)11-19(24(37)40)34-25-36-23-22(38(25)2)18(13-31)20(14-33-23)44-17-3-4-32-21(12-17)35-26(41)43-10-7-39-5-8-42-9-6-39/h3-4,11-12,14-15,24,40H,5-10H2,1-2H3,(H,32,35,41)(H,33,34,36). The molecule has 0 aromatic carbocycles. The molecule has 0 aliphatic carbocycles. The molecular weight excluding hydrogens is 587 g/mol. The molecule has 2 aliphatic rings. The molecular formula is C27H28F3N9O5. The third-order valence-electron chi connectivity index (χ3n) is 6.81.